The Kier molecular flexibility index (Phi) is 4.34. The molecule has 2 aliphatic rings. The van der Waals surface area contributed by atoms with Crippen LogP contribution in [0.3, 0.4) is 0 Å². The van der Waals surface area contributed by atoms with Crippen molar-refractivity contribution in [1.29, 1.82) is 0 Å². The number of nitrogens with one attached hydrogen (secondary N) is 2. The molecule has 0 saturated carbocycles. The Bertz CT molecular complexity index is 339. The highest BCUT2D eigenvalue weighted by molar-refractivity contribution is 8.00. The number of urea groups is 1. The van der Waals surface area contributed by atoms with Crippen molar-refractivity contribution in [2.24, 2.45) is 0 Å². The van der Waals surface area contributed by atoms with Gasteiger partial charge in [-0.05, 0) is 12.8 Å². The Hall–Kier alpha value is -0.950. The number of aliphatic hydroxyl groups is 1. The number of hydrogen-bond acceptors (Lipinski definition) is 5. The van der Waals surface area contributed by atoms with Crippen LogP contribution in [0.2, 0.25) is 0 Å². The Balaban J connectivity index is 1.73. The summed E-state index contributed by atoms with van der Waals surface area (Å²) in [6, 6.07) is -0.396. The largest absolute Gasteiger partial charge is 0.469 e. The molecule has 7 heteroatoms. The van der Waals surface area contributed by atoms with Gasteiger partial charge in [0.15, 0.2) is 0 Å². The van der Waals surface area contributed by atoms with E-state index in [0.29, 0.717) is 6.42 Å². The first kappa shape index (κ1) is 13.5. The Morgan fingerprint density at radius 1 is 1.39 bits per heavy atom. The zero-order valence-electron chi connectivity index (χ0n) is 10.2. The maximum absolute atomic E-state index is 11.2. The number of hydrogen-bond donors (Lipinski definition) is 3. The fraction of sp³-hybridized carbons (Fsp3) is 0.818. The Morgan fingerprint density at radius 3 is 2.83 bits per heavy atom. The van der Waals surface area contributed by atoms with Crippen LogP contribution in [-0.2, 0) is 9.53 Å². The summed E-state index contributed by atoms with van der Waals surface area (Å²) in [4.78, 5) is 22.2. The minimum Gasteiger partial charge on any atom is -0.469 e. The maximum Gasteiger partial charge on any atom is 0.315 e. The van der Waals surface area contributed by atoms with Crippen LogP contribution < -0.4 is 10.6 Å². The molecule has 2 heterocycles. The number of fused-ring (bicyclic) bond motifs is 1. The number of esters is 1. The molecule has 2 saturated heterocycles. The molecule has 6 nitrogen and oxygen atoms in total. The van der Waals surface area contributed by atoms with Crippen molar-refractivity contribution in [3.05, 3.63) is 0 Å². The van der Waals surface area contributed by atoms with Gasteiger partial charge in [-0.2, -0.15) is 0 Å². The highest BCUT2D eigenvalue weighted by Crippen LogP contribution is 2.37. The molecule has 18 heavy (non-hydrogen) atoms. The van der Waals surface area contributed by atoms with Gasteiger partial charge in [-0.15, -0.1) is 11.8 Å². The summed E-state index contributed by atoms with van der Waals surface area (Å²) in [6.07, 6.45) is 2.97. The van der Waals surface area contributed by atoms with Crippen LogP contribution in [0.4, 0.5) is 4.79 Å². The molecule has 102 valence electrons. The molecule has 3 N–H and O–H groups in total. The van der Waals surface area contributed by atoms with Crippen LogP contribution in [0.5, 0.6) is 0 Å². The van der Waals surface area contributed by atoms with Gasteiger partial charge in [0.1, 0.15) is 5.44 Å². The summed E-state index contributed by atoms with van der Waals surface area (Å²) < 4.78 is 4.57. The molecule has 0 aromatic heterocycles. The number of carbonyl (C=O) groups is 2. The first-order valence-corrected chi connectivity index (χ1v) is 7.03. The van der Waals surface area contributed by atoms with E-state index in [4.69, 9.17) is 0 Å². The fourth-order valence-corrected chi connectivity index (χ4v) is 3.88. The van der Waals surface area contributed by atoms with Gasteiger partial charge in [-0.1, -0.05) is 6.42 Å². The summed E-state index contributed by atoms with van der Waals surface area (Å²) in [6.45, 7) is 0. The van der Waals surface area contributed by atoms with E-state index >= 15 is 0 Å². The number of carbonyl (C=O) groups excluding carboxylic acids is 2. The van der Waals surface area contributed by atoms with Gasteiger partial charge in [0.2, 0.25) is 0 Å². The first-order chi connectivity index (χ1) is 8.61. The lowest BCUT2D eigenvalue weighted by atomic mass is 10.0. The zero-order chi connectivity index (χ0) is 13.1. The monoisotopic (exact) mass is 274 g/mol. The standard InChI is InChI=1S/C11H18N2O4S/c1-17-7(14)5-3-2-4-6-8-9(10(15)18-6)13-11(16)12-8/h6,8-10,15H,2-5H2,1H3,(H2,12,13,16)/t6-,8+,9+,10?/m0/s1. The van der Waals surface area contributed by atoms with Gasteiger partial charge in [0.05, 0.1) is 19.2 Å². The third-order valence-electron chi connectivity index (χ3n) is 3.35. The van der Waals surface area contributed by atoms with E-state index in [1.54, 1.807) is 0 Å². The third-order valence-corrected chi connectivity index (χ3v) is 4.80. The fourth-order valence-electron chi connectivity index (χ4n) is 2.41. The van der Waals surface area contributed by atoms with Crippen molar-refractivity contribution in [2.75, 3.05) is 7.11 Å². The summed E-state index contributed by atoms with van der Waals surface area (Å²) in [5, 5.41) is 15.6. The van der Waals surface area contributed by atoms with E-state index < -0.39 is 5.44 Å². The zero-order valence-corrected chi connectivity index (χ0v) is 11.0. The number of thioether (sulfide) groups is 1. The summed E-state index contributed by atoms with van der Waals surface area (Å²) in [5.41, 5.74) is -0.542. The van der Waals surface area contributed by atoms with Gasteiger partial charge in [0.25, 0.3) is 0 Å². The number of unbranched alkanes of at least 4 members (excludes halogenated alkanes) is 1. The summed E-state index contributed by atoms with van der Waals surface area (Å²) in [5.74, 6) is -0.192. The molecule has 2 aliphatic heterocycles. The number of rotatable bonds is 5. The highest BCUT2D eigenvalue weighted by atomic mass is 32.2. The van der Waals surface area contributed by atoms with Crippen LogP contribution in [0.1, 0.15) is 25.7 Å². The lowest BCUT2D eigenvalue weighted by Crippen LogP contribution is -2.39. The van der Waals surface area contributed by atoms with E-state index in [2.05, 4.69) is 15.4 Å². The van der Waals surface area contributed by atoms with E-state index in [9.17, 15) is 14.7 Å². The Morgan fingerprint density at radius 2 is 2.11 bits per heavy atom. The molecular weight excluding hydrogens is 256 g/mol. The maximum atomic E-state index is 11.2. The van der Waals surface area contributed by atoms with Crippen LogP contribution in [0.15, 0.2) is 0 Å². The van der Waals surface area contributed by atoms with Crippen molar-refractivity contribution in [3.8, 4) is 0 Å². The van der Waals surface area contributed by atoms with Crippen molar-refractivity contribution >= 4 is 23.8 Å². The van der Waals surface area contributed by atoms with Gasteiger partial charge < -0.3 is 20.5 Å². The molecule has 4 atom stereocenters. The molecule has 0 aromatic rings. The molecule has 2 amide bonds. The van der Waals surface area contributed by atoms with E-state index in [1.165, 1.54) is 18.9 Å². The average Bonchev–Trinajstić information content (AvgIpc) is 2.85. The Labute approximate surface area is 110 Å². The van der Waals surface area contributed by atoms with Crippen molar-refractivity contribution in [3.63, 3.8) is 0 Å². The lowest BCUT2D eigenvalue weighted by molar-refractivity contribution is -0.140. The quantitative estimate of drug-likeness (QED) is 0.379. The second-order valence-corrected chi connectivity index (χ2v) is 5.92. The predicted molar refractivity (Wildman–Crippen MR) is 67.1 cm³/mol. The smallest absolute Gasteiger partial charge is 0.315 e. The van der Waals surface area contributed by atoms with Crippen LogP contribution in [-0.4, -0.2) is 47.0 Å². The molecule has 2 rings (SSSR count). The molecular formula is C11H18N2O4S. The lowest BCUT2D eigenvalue weighted by Gasteiger charge is -2.15. The average molecular weight is 274 g/mol. The molecule has 0 spiro atoms. The predicted octanol–water partition coefficient (Wildman–Crippen LogP) is 0.204. The molecule has 2 fully saturated rings. The summed E-state index contributed by atoms with van der Waals surface area (Å²) in [7, 11) is 1.38. The number of methoxy groups -OCH3 is 1. The van der Waals surface area contributed by atoms with E-state index in [-0.39, 0.29) is 29.3 Å². The van der Waals surface area contributed by atoms with Gasteiger partial charge in [-0.3, -0.25) is 4.79 Å². The first-order valence-electron chi connectivity index (χ1n) is 6.09. The normalized spacial score (nSPS) is 33.8. The molecule has 0 aliphatic carbocycles. The number of aliphatic hydroxyl groups excluding tert-OH is 1. The van der Waals surface area contributed by atoms with Crippen molar-refractivity contribution < 1.29 is 19.4 Å². The number of ether oxygens (including phenoxy) is 1. The van der Waals surface area contributed by atoms with E-state index in [1.807, 2.05) is 0 Å². The molecule has 0 bridgehead atoms. The minimum absolute atomic E-state index is 0.00405. The van der Waals surface area contributed by atoms with Crippen LogP contribution in [0, 0.1) is 0 Å². The second kappa shape index (κ2) is 5.79. The highest BCUT2D eigenvalue weighted by Gasteiger charge is 2.48. The summed E-state index contributed by atoms with van der Waals surface area (Å²) >= 11 is 1.49. The van der Waals surface area contributed by atoms with Crippen molar-refractivity contribution in [1.82, 2.24) is 10.6 Å². The van der Waals surface area contributed by atoms with Crippen LogP contribution in [0.25, 0.3) is 0 Å². The van der Waals surface area contributed by atoms with Gasteiger partial charge in [0, 0.05) is 11.7 Å². The van der Waals surface area contributed by atoms with Gasteiger partial charge in [-0.25, -0.2) is 4.79 Å². The van der Waals surface area contributed by atoms with Crippen LogP contribution >= 0.6 is 11.8 Å². The molecule has 0 aromatic carbocycles. The minimum atomic E-state index is -0.542. The SMILES string of the molecule is COC(=O)CCCC[C@@H]1SC(O)[C@@H]2NC(=O)N[C@H]12. The third kappa shape index (κ3) is 2.89. The van der Waals surface area contributed by atoms with Crippen molar-refractivity contribution in [2.45, 2.75) is 48.5 Å². The molecule has 1 unspecified atom stereocenters. The topological polar surface area (TPSA) is 87.7 Å². The number of amides is 2. The second-order valence-electron chi connectivity index (χ2n) is 4.56. The van der Waals surface area contributed by atoms with Gasteiger partial charge >= 0.3 is 12.0 Å². The van der Waals surface area contributed by atoms with E-state index in [0.717, 1.165) is 19.3 Å². The molecule has 0 radical (unpaired) electrons.